The van der Waals surface area contributed by atoms with Gasteiger partial charge in [0, 0.05) is 37.3 Å². The van der Waals surface area contributed by atoms with Crippen molar-refractivity contribution < 1.29 is 14.3 Å². The summed E-state index contributed by atoms with van der Waals surface area (Å²) in [4.78, 5) is 20.1. The quantitative estimate of drug-likeness (QED) is 0.724. The summed E-state index contributed by atoms with van der Waals surface area (Å²) in [7, 11) is 1.65. The van der Waals surface area contributed by atoms with Gasteiger partial charge in [0.15, 0.2) is 0 Å². The number of ether oxygens (including phenoxy) is 2. The van der Waals surface area contributed by atoms with E-state index in [1.807, 2.05) is 29.2 Å². The van der Waals surface area contributed by atoms with Crippen molar-refractivity contribution in [1.82, 2.24) is 9.88 Å². The molecule has 2 aliphatic heterocycles. The molecule has 1 aromatic heterocycles. The zero-order chi connectivity index (χ0) is 21.1. The Morgan fingerprint density at radius 1 is 1.30 bits per heavy atom. The van der Waals surface area contributed by atoms with Crippen molar-refractivity contribution >= 4 is 5.91 Å². The molecule has 5 nitrogen and oxygen atoms in total. The van der Waals surface area contributed by atoms with Crippen molar-refractivity contribution in [3.63, 3.8) is 0 Å². The van der Waals surface area contributed by atoms with E-state index in [9.17, 15) is 4.79 Å². The molecule has 0 aliphatic carbocycles. The van der Waals surface area contributed by atoms with Gasteiger partial charge in [-0.25, -0.2) is 0 Å². The molecular weight excluding hydrogens is 376 g/mol. The SMILES string of the molecule is CCCCc1nc2c(c3c1C[C@H](C)OC3)CN(C(=O)Cc1cccc(OC)c1)CC2. The van der Waals surface area contributed by atoms with Gasteiger partial charge in [-0.1, -0.05) is 25.5 Å². The van der Waals surface area contributed by atoms with Crippen LogP contribution < -0.4 is 4.74 Å². The first-order valence-electron chi connectivity index (χ1n) is 11.1. The predicted octanol–water partition coefficient (Wildman–Crippen LogP) is 4.02. The number of carbonyl (C=O) groups is 1. The fourth-order valence-corrected chi connectivity index (χ4v) is 4.55. The van der Waals surface area contributed by atoms with Gasteiger partial charge in [0.1, 0.15) is 5.75 Å². The molecule has 2 aromatic rings. The maximum absolute atomic E-state index is 13.0. The molecule has 1 aromatic carbocycles. The minimum Gasteiger partial charge on any atom is -0.497 e. The Labute approximate surface area is 179 Å². The second-order valence-corrected chi connectivity index (χ2v) is 8.46. The largest absolute Gasteiger partial charge is 0.497 e. The Morgan fingerprint density at radius 3 is 2.97 bits per heavy atom. The number of unbranched alkanes of at least 4 members (excludes halogenated alkanes) is 1. The lowest BCUT2D eigenvalue weighted by Crippen LogP contribution is -2.39. The van der Waals surface area contributed by atoms with Crippen LogP contribution in [-0.4, -0.2) is 35.5 Å². The van der Waals surface area contributed by atoms with Crippen LogP contribution in [0.15, 0.2) is 24.3 Å². The van der Waals surface area contributed by atoms with Gasteiger partial charge < -0.3 is 14.4 Å². The van der Waals surface area contributed by atoms with Gasteiger partial charge in [-0.15, -0.1) is 0 Å². The predicted molar refractivity (Wildman–Crippen MR) is 117 cm³/mol. The molecule has 0 saturated carbocycles. The van der Waals surface area contributed by atoms with Crippen LogP contribution in [-0.2, 0) is 48.4 Å². The lowest BCUT2D eigenvalue weighted by molar-refractivity contribution is -0.131. The summed E-state index contributed by atoms with van der Waals surface area (Å²) < 4.78 is 11.3. The first-order chi connectivity index (χ1) is 14.6. The number of benzene rings is 1. The van der Waals surface area contributed by atoms with Gasteiger partial charge in [-0.2, -0.15) is 0 Å². The van der Waals surface area contributed by atoms with Crippen molar-refractivity contribution in [1.29, 1.82) is 0 Å². The van der Waals surface area contributed by atoms with Gasteiger partial charge >= 0.3 is 0 Å². The summed E-state index contributed by atoms with van der Waals surface area (Å²) in [6.07, 6.45) is 5.74. The fourth-order valence-electron chi connectivity index (χ4n) is 4.55. The maximum Gasteiger partial charge on any atom is 0.227 e. The number of nitrogens with zero attached hydrogens (tertiary/aromatic N) is 2. The molecule has 0 saturated heterocycles. The van der Waals surface area contributed by atoms with Crippen LogP contribution in [0.4, 0.5) is 0 Å². The average Bonchev–Trinajstić information content (AvgIpc) is 2.77. The van der Waals surface area contributed by atoms with Crippen LogP contribution in [0.25, 0.3) is 0 Å². The number of hydrogen-bond acceptors (Lipinski definition) is 4. The number of amides is 1. The number of rotatable bonds is 6. The molecule has 5 heteroatoms. The maximum atomic E-state index is 13.0. The number of hydrogen-bond donors (Lipinski definition) is 0. The van der Waals surface area contributed by atoms with Crippen molar-refractivity contribution in [2.45, 2.75) is 71.6 Å². The van der Waals surface area contributed by atoms with Crippen molar-refractivity contribution in [2.24, 2.45) is 0 Å². The lowest BCUT2D eigenvalue weighted by Gasteiger charge is -2.34. The van der Waals surface area contributed by atoms with Gasteiger partial charge in [0.2, 0.25) is 5.91 Å². The molecule has 160 valence electrons. The number of carbonyl (C=O) groups excluding carboxylic acids is 1. The molecular formula is C25H32N2O3. The summed E-state index contributed by atoms with van der Waals surface area (Å²) in [5, 5.41) is 0. The number of pyridine rings is 1. The summed E-state index contributed by atoms with van der Waals surface area (Å²) in [6, 6.07) is 7.76. The van der Waals surface area contributed by atoms with E-state index in [0.717, 1.165) is 37.1 Å². The zero-order valence-corrected chi connectivity index (χ0v) is 18.4. The van der Waals surface area contributed by atoms with E-state index in [-0.39, 0.29) is 12.0 Å². The van der Waals surface area contributed by atoms with E-state index < -0.39 is 0 Å². The van der Waals surface area contributed by atoms with Crippen LogP contribution in [0.1, 0.15) is 60.3 Å². The second-order valence-electron chi connectivity index (χ2n) is 8.46. The lowest BCUT2D eigenvalue weighted by atomic mass is 9.89. The van der Waals surface area contributed by atoms with Gasteiger partial charge in [0.05, 0.1) is 26.2 Å². The molecule has 0 unspecified atom stereocenters. The number of aryl methyl sites for hydroxylation is 1. The minimum absolute atomic E-state index is 0.155. The van der Waals surface area contributed by atoms with Crippen LogP contribution in [0.5, 0.6) is 5.75 Å². The normalized spacial score (nSPS) is 18.0. The summed E-state index contributed by atoms with van der Waals surface area (Å²) in [5.41, 5.74) is 7.31. The first kappa shape index (κ1) is 20.9. The zero-order valence-electron chi connectivity index (χ0n) is 18.4. The van der Waals surface area contributed by atoms with Gasteiger partial charge in [-0.05, 0) is 54.2 Å². The topological polar surface area (TPSA) is 51.7 Å². The van der Waals surface area contributed by atoms with Crippen molar-refractivity contribution in [2.75, 3.05) is 13.7 Å². The number of fused-ring (bicyclic) bond motifs is 3. The second kappa shape index (κ2) is 9.17. The molecule has 1 amide bonds. The highest BCUT2D eigenvalue weighted by atomic mass is 16.5. The van der Waals surface area contributed by atoms with E-state index in [4.69, 9.17) is 14.5 Å². The summed E-state index contributed by atoms with van der Waals surface area (Å²) >= 11 is 0. The number of aromatic nitrogens is 1. The molecule has 0 N–H and O–H groups in total. The summed E-state index contributed by atoms with van der Waals surface area (Å²) in [5.74, 6) is 0.941. The molecule has 30 heavy (non-hydrogen) atoms. The standard InChI is InChI=1S/C25H32N2O3/c1-4-5-9-23-20-12-17(2)30-16-22(20)21-15-27(11-10-24(21)26-23)25(28)14-18-7-6-8-19(13-18)29-3/h6-8,13,17H,4-5,9-12,14-16H2,1-3H3/t17-/m0/s1. The molecule has 0 bridgehead atoms. The Balaban J connectivity index is 1.56. The van der Waals surface area contributed by atoms with Gasteiger partial charge in [-0.3, -0.25) is 9.78 Å². The Hall–Kier alpha value is -2.40. The highest BCUT2D eigenvalue weighted by Gasteiger charge is 2.29. The molecule has 2 aliphatic rings. The molecule has 1 atom stereocenters. The fraction of sp³-hybridized carbons (Fsp3) is 0.520. The van der Waals surface area contributed by atoms with Crippen LogP contribution in [0.3, 0.4) is 0 Å². The Morgan fingerprint density at radius 2 is 2.17 bits per heavy atom. The third kappa shape index (κ3) is 4.36. The molecule has 4 rings (SSSR count). The van der Waals surface area contributed by atoms with E-state index >= 15 is 0 Å². The monoisotopic (exact) mass is 408 g/mol. The van der Waals surface area contributed by atoms with Crippen molar-refractivity contribution in [3.8, 4) is 5.75 Å². The Bertz CT molecular complexity index is 925. The van der Waals surface area contributed by atoms with E-state index in [2.05, 4.69) is 13.8 Å². The average molecular weight is 409 g/mol. The smallest absolute Gasteiger partial charge is 0.227 e. The summed E-state index contributed by atoms with van der Waals surface area (Å²) in [6.45, 7) is 6.36. The first-order valence-corrected chi connectivity index (χ1v) is 11.1. The Kier molecular flexibility index (Phi) is 6.38. The molecule has 0 spiro atoms. The molecule has 0 fully saturated rings. The van der Waals surface area contributed by atoms with E-state index in [1.54, 1.807) is 7.11 Å². The van der Waals surface area contributed by atoms with Crippen molar-refractivity contribution in [3.05, 3.63) is 57.9 Å². The van der Waals surface area contributed by atoms with Crippen LogP contribution in [0.2, 0.25) is 0 Å². The highest BCUT2D eigenvalue weighted by Crippen LogP contribution is 2.32. The highest BCUT2D eigenvalue weighted by molar-refractivity contribution is 5.79. The van der Waals surface area contributed by atoms with Crippen LogP contribution >= 0.6 is 0 Å². The van der Waals surface area contributed by atoms with E-state index in [0.29, 0.717) is 19.6 Å². The molecule has 3 heterocycles. The number of methoxy groups -OCH3 is 1. The van der Waals surface area contributed by atoms with Gasteiger partial charge in [0.25, 0.3) is 0 Å². The third-order valence-corrected chi connectivity index (χ3v) is 6.28. The van der Waals surface area contributed by atoms with E-state index in [1.165, 1.54) is 40.9 Å². The molecule has 0 radical (unpaired) electrons. The van der Waals surface area contributed by atoms with Crippen LogP contribution in [0, 0.1) is 0 Å². The third-order valence-electron chi connectivity index (χ3n) is 6.28. The minimum atomic E-state index is 0.155.